The number of nitrogens with zero attached hydrogens (tertiary/aromatic N) is 2. The number of aryl methyl sites for hydroxylation is 1. The third-order valence-corrected chi connectivity index (χ3v) is 6.89. The van der Waals surface area contributed by atoms with Gasteiger partial charge in [-0.15, -0.1) is 11.3 Å². The molecule has 0 unspecified atom stereocenters. The molecule has 1 N–H and O–H groups in total. The van der Waals surface area contributed by atoms with E-state index in [1.807, 2.05) is 25.1 Å². The van der Waals surface area contributed by atoms with Gasteiger partial charge in [0.25, 0.3) is 5.78 Å². The molecule has 3 aromatic carbocycles. The zero-order valence-electron chi connectivity index (χ0n) is 19.2. The molecule has 1 aliphatic heterocycles. The molecule has 1 aliphatic rings. The Labute approximate surface area is 217 Å². The van der Waals surface area contributed by atoms with Gasteiger partial charge in [0, 0.05) is 22.2 Å². The van der Waals surface area contributed by atoms with Crippen LogP contribution in [0.15, 0.2) is 89.9 Å². The Hall–Kier alpha value is -3.94. The summed E-state index contributed by atoms with van der Waals surface area (Å²) in [7, 11) is 0. The maximum Gasteiger partial charge on any atom is 0.301 e. The maximum atomic E-state index is 13.1. The largest absolute Gasteiger partial charge is 0.507 e. The Morgan fingerprint density at radius 3 is 2.50 bits per heavy atom. The third kappa shape index (κ3) is 4.63. The molecule has 0 aliphatic carbocycles. The summed E-state index contributed by atoms with van der Waals surface area (Å²) in [6.07, 6.45) is 1.56. The number of anilines is 1. The number of halogens is 1. The normalized spacial score (nSPS) is 16.9. The van der Waals surface area contributed by atoms with Gasteiger partial charge in [0.05, 0.1) is 11.6 Å². The highest BCUT2D eigenvalue weighted by Crippen LogP contribution is 2.43. The molecule has 4 aromatic rings. The first-order valence-corrected chi connectivity index (χ1v) is 12.4. The molecule has 180 valence electrons. The van der Waals surface area contributed by atoms with Gasteiger partial charge in [-0.3, -0.25) is 14.5 Å². The van der Waals surface area contributed by atoms with Crippen molar-refractivity contribution in [2.75, 3.05) is 4.90 Å². The highest BCUT2D eigenvalue weighted by atomic mass is 35.5. The topological polar surface area (TPSA) is 79.7 Å². The number of hydrogen-bond acceptors (Lipinski definition) is 6. The first-order valence-electron chi connectivity index (χ1n) is 11.2. The SMILES string of the molecule is Cc1cccc(COc2ccc(C(O)=C3C(=O)C(=O)N(c4nccs4)[C@@H]3c3ccc(Cl)cc3)cc2)c1. The van der Waals surface area contributed by atoms with E-state index in [0.29, 0.717) is 33.6 Å². The highest BCUT2D eigenvalue weighted by Gasteiger charge is 2.47. The molecule has 8 heteroatoms. The summed E-state index contributed by atoms with van der Waals surface area (Å²) in [6.45, 7) is 2.43. The molecule has 36 heavy (non-hydrogen) atoms. The standard InChI is InChI=1S/C28H21ClN2O4S/c1-17-3-2-4-18(15-17)16-35-22-11-7-20(8-12-22)25(32)23-24(19-5-9-21(29)10-6-19)31(27(34)26(23)33)28-30-13-14-36-28/h2-15,24,32H,16H2,1H3/t24-/m1/s1. The Bertz CT molecular complexity index is 1450. The molecule has 1 saturated heterocycles. The van der Waals surface area contributed by atoms with Gasteiger partial charge in [-0.25, -0.2) is 4.98 Å². The van der Waals surface area contributed by atoms with Gasteiger partial charge in [0.1, 0.15) is 18.1 Å². The molecule has 2 heterocycles. The van der Waals surface area contributed by atoms with Gasteiger partial charge in [-0.05, 0) is 54.4 Å². The Morgan fingerprint density at radius 1 is 1.08 bits per heavy atom. The number of ketones is 1. The number of rotatable bonds is 6. The van der Waals surface area contributed by atoms with Crippen molar-refractivity contribution in [1.82, 2.24) is 4.98 Å². The molecule has 0 spiro atoms. The van der Waals surface area contributed by atoms with E-state index in [1.165, 1.54) is 16.2 Å². The van der Waals surface area contributed by atoms with Gasteiger partial charge in [0.15, 0.2) is 5.13 Å². The third-order valence-electron chi connectivity index (χ3n) is 5.87. The van der Waals surface area contributed by atoms with Crippen molar-refractivity contribution in [3.05, 3.63) is 117 Å². The highest BCUT2D eigenvalue weighted by molar-refractivity contribution is 7.14. The number of aliphatic hydroxyl groups is 1. The zero-order chi connectivity index (χ0) is 25.2. The van der Waals surface area contributed by atoms with Crippen LogP contribution < -0.4 is 9.64 Å². The summed E-state index contributed by atoms with van der Waals surface area (Å²) in [4.78, 5) is 31.7. The van der Waals surface area contributed by atoms with E-state index in [-0.39, 0.29) is 11.3 Å². The Morgan fingerprint density at radius 2 is 1.83 bits per heavy atom. The van der Waals surface area contributed by atoms with Crippen molar-refractivity contribution in [3.63, 3.8) is 0 Å². The first kappa shape index (κ1) is 23.8. The fourth-order valence-electron chi connectivity index (χ4n) is 4.16. The summed E-state index contributed by atoms with van der Waals surface area (Å²) in [6, 6.07) is 20.8. The van der Waals surface area contributed by atoms with Crippen LogP contribution in [-0.2, 0) is 16.2 Å². The number of amides is 1. The monoisotopic (exact) mass is 516 g/mol. The van der Waals surface area contributed by atoms with Crippen LogP contribution in [-0.4, -0.2) is 21.8 Å². The fraction of sp³-hybridized carbons (Fsp3) is 0.107. The molecule has 1 atom stereocenters. The summed E-state index contributed by atoms with van der Waals surface area (Å²) in [5.41, 5.74) is 3.22. The van der Waals surface area contributed by atoms with E-state index in [4.69, 9.17) is 16.3 Å². The van der Waals surface area contributed by atoms with Gasteiger partial charge in [-0.1, -0.05) is 53.6 Å². The average Bonchev–Trinajstić information content (AvgIpc) is 3.50. The van der Waals surface area contributed by atoms with Crippen LogP contribution in [0.4, 0.5) is 5.13 Å². The molecule has 1 amide bonds. The van der Waals surface area contributed by atoms with E-state index < -0.39 is 17.7 Å². The molecule has 6 nitrogen and oxygen atoms in total. The lowest BCUT2D eigenvalue weighted by atomic mass is 9.95. The summed E-state index contributed by atoms with van der Waals surface area (Å²) in [5.74, 6) is -1.17. The second-order valence-electron chi connectivity index (χ2n) is 8.34. The van der Waals surface area contributed by atoms with Crippen LogP contribution in [0.2, 0.25) is 5.02 Å². The minimum absolute atomic E-state index is 0.00838. The lowest BCUT2D eigenvalue weighted by Gasteiger charge is -2.23. The van der Waals surface area contributed by atoms with E-state index in [2.05, 4.69) is 11.1 Å². The van der Waals surface area contributed by atoms with Crippen LogP contribution in [0.25, 0.3) is 5.76 Å². The van der Waals surface area contributed by atoms with Crippen molar-refractivity contribution in [2.45, 2.75) is 19.6 Å². The number of aliphatic hydroxyl groups excluding tert-OH is 1. The summed E-state index contributed by atoms with van der Waals surface area (Å²) < 4.78 is 5.87. The van der Waals surface area contributed by atoms with Crippen molar-refractivity contribution >= 4 is 45.5 Å². The lowest BCUT2D eigenvalue weighted by molar-refractivity contribution is -0.132. The van der Waals surface area contributed by atoms with Gasteiger partial charge >= 0.3 is 5.91 Å². The molecular formula is C28H21ClN2O4S. The zero-order valence-corrected chi connectivity index (χ0v) is 20.8. The van der Waals surface area contributed by atoms with Gasteiger partial charge < -0.3 is 9.84 Å². The number of ether oxygens (including phenoxy) is 1. The minimum atomic E-state index is -0.842. The molecule has 0 radical (unpaired) electrons. The second-order valence-corrected chi connectivity index (χ2v) is 9.65. The van der Waals surface area contributed by atoms with Crippen molar-refractivity contribution < 1.29 is 19.4 Å². The molecular weight excluding hydrogens is 496 g/mol. The first-order chi connectivity index (χ1) is 17.4. The minimum Gasteiger partial charge on any atom is -0.507 e. The predicted octanol–water partition coefficient (Wildman–Crippen LogP) is 6.31. The smallest absolute Gasteiger partial charge is 0.301 e. The Kier molecular flexibility index (Phi) is 6.59. The molecule has 1 aromatic heterocycles. The lowest BCUT2D eigenvalue weighted by Crippen LogP contribution is -2.29. The molecule has 1 fully saturated rings. The number of carbonyl (C=O) groups excluding carboxylic acids is 2. The van der Waals surface area contributed by atoms with E-state index in [0.717, 1.165) is 11.1 Å². The van der Waals surface area contributed by atoms with Crippen molar-refractivity contribution in [3.8, 4) is 5.75 Å². The number of Topliss-reactive ketones (excluding diaryl/α,β-unsaturated/α-hetero) is 1. The van der Waals surface area contributed by atoms with Crippen LogP contribution in [0.1, 0.15) is 28.3 Å². The van der Waals surface area contributed by atoms with Gasteiger partial charge in [-0.2, -0.15) is 0 Å². The summed E-state index contributed by atoms with van der Waals surface area (Å²) in [5, 5.41) is 13.9. The quantitative estimate of drug-likeness (QED) is 0.184. The Balaban J connectivity index is 1.48. The number of carbonyl (C=O) groups is 2. The number of aromatic nitrogens is 1. The number of benzene rings is 3. The second kappa shape index (κ2) is 9.97. The maximum absolute atomic E-state index is 13.1. The molecule has 0 bridgehead atoms. The van der Waals surface area contributed by atoms with Crippen molar-refractivity contribution in [2.24, 2.45) is 0 Å². The van der Waals surface area contributed by atoms with Crippen LogP contribution >= 0.6 is 22.9 Å². The average molecular weight is 517 g/mol. The summed E-state index contributed by atoms with van der Waals surface area (Å²) >= 11 is 7.30. The number of hydrogen-bond donors (Lipinski definition) is 1. The van der Waals surface area contributed by atoms with Crippen molar-refractivity contribution in [1.29, 1.82) is 0 Å². The number of thiazole rings is 1. The van der Waals surface area contributed by atoms with Crippen LogP contribution in [0.5, 0.6) is 5.75 Å². The fourth-order valence-corrected chi connectivity index (χ4v) is 4.95. The molecule has 5 rings (SSSR count). The van der Waals surface area contributed by atoms with Gasteiger partial charge in [0.2, 0.25) is 0 Å². The van der Waals surface area contributed by atoms with E-state index in [9.17, 15) is 14.7 Å². The van der Waals surface area contributed by atoms with E-state index in [1.54, 1.807) is 60.1 Å². The molecule has 0 saturated carbocycles. The van der Waals surface area contributed by atoms with Crippen LogP contribution in [0.3, 0.4) is 0 Å². The van der Waals surface area contributed by atoms with Crippen LogP contribution in [0, 0.1) is 6.92 Å². The predicted molar refractivity (Wildman–Crippen MR) is 140 cm³/mol. The van der Waals surface area contributed by atoms with E-state index >= 15 is 0 Å².